The number of alkyl halides is 1. The van der Waals surface area contributed by atoms with Crippen LogP contribution in [0.25, 0.3) is 10.9 Å². The molecule has 0 spiro atoms. The third kappa shape index (κ3) is 3.36. The van der Waals surface area contributed by atoms with E-state index < -0.39 is 5.67 Å². The number of benzene rings is 1. The number of hydrogen-bond donors (Lipinski definition) is 1. The maximum atomic E-state index is 14.6. The van der Waals surface area contributed by atoms with Gasteiger partial charge in [0.25, 0.3) is 0 Å². The summed E-state index contributed by atoms with van der Waals surface area (Å²) in [6, 6.07) is 9.23. The summed E-state index contributed by atoms with van der Waals surface area (Å²) in [7, 11) is 0. The van der Waals surface area contributed by atoms with E-state index in [1.807, 2.05) is 12.1 Å². The van der Waals surface area contributed by atoms with Crippen molar-refractivity contribution < 1.29 is 4.39 Å². The molecule has 1 N–H and O–H groups in total. The van der Waals surface area contributed by atoms with Crippen molar-refractivity contribution in [2.75, 3.05) is 6.54 Å². The van der Waals surface area contributed by atoms with E-state index >= 15 is 0 Å². The number of aromatic amines is 1. The van der Waals surface area contributed by atoms with Crippen LogP contribution in [0.3, 0.4) is 0 Å². The van der Waals surface area contributed by atoms with E-state index in [0.29, 0.717) is 6.54 Å². The summed E-state index contributed by atoms with van der Waals surface area (Å²) in [4.78, 5) is 14.0. The number of para-hydroxylation sites is 1. The minimum Gasteiger partial charge on any atom is -0.440 e. The zero-order valence-corrected chi connectivity index (χ0v) is 18.2. The van der Waals surface area contributed by atoms with Crippen molar-refractivity contribution in [2.24, 2.45) is 0 Å². The van der Waals surface area contributed by atoms with Gasteiger partial charge in [-0.2, -0.15) is 6.92 Å². The van der Waals surface area contributed by atoms with Gasteiger partial charge in [0.1, 0.15) is 5.67 Å². The molecule has 0 amide bonds. The van der Waals surface area contributed by atoms with Crippen molar-refractivity contribution >= 4 is 22.5 Å². The molecule has 1 aromatic carbocycles. The third-order valence-corrected chi connectivity index (χ3v) is 5.05. The van der Waals surface area contributed by atoms with Crippen molar-refractivity contribution in [1.82, 2.24) is 19.9 Å². The Bertz CT molecular complexity index is 935. The van der Waals surface area contributed by atoms with E-state index in [2.05, 4.69) is 38.9 Å². The number of rotatable bonds is 3. The Hall–Kier alpha value is -2.98. The van der Waals surface area contributed by atoms with E-state index in [1.165, 1.54) is 10.9 Å². The van der Waals surface area contributed by atoms with Gasteiger partial charge in [-0.15, -0.1) is 6.42 Å². The average Bonchev–Trinajstić information content (AvgIpc) is 2.94. The van der Waals surface area contributed by atoms with Crippen molar-refractivity contribution in [3.8, 4) is 0 Å². The second-order valence-electron chi connectivity index (χ2n) is 7.51. The maximum absolute atomic E-state index is 14.6. The van der Waals surface area contributed by atoms with Crippen molar-refractivity contribution in [2.45, 2.75) is 38.9 Å². The number of fused-ring (bicyclic) bond motifs is 3. The SMILES string of the molecule is C[C-]1Cc2c([nH]c3ccccc23)[C@@H](c2cnc(Cl)nc2)N1CC(C)(C)F.[Lr]. The van der Waals surface area contributed by atoms with E-state index in [1.54, 1.807) is 26.2 Å². The Balaban J connectivity index is 0.00000210. The standard InChI is InChI=1S/C20H21ClFN4.Lr/c1-12-8-15-14-6-4-5-7-16(14)25-17(15)18(26(12)11-20(2,3)22)13-9-23-19(21)24-10-13;/h4-7,9-10,18,25H,8,11H2,1-3H3;/q-1;/t18-;/m1./s1. The third-order valence-electron chi connectivity index (χ3n) is 4.86. The molecule has 3 aromatic rings. The first-order valence-corrected chi connectivity index (χ1v) is 9.06. The molecule has 1 aliphatic heterocycles. The largest absolute Gasteiger partial charge is 0.440 e. The van der Waals surface area contributed by atoms with Crippen molar-refractivity contribution in [3.63, 3.8) is 0 Å². The first-order valence-electron chi connectivity index (χ1n) is 8.68. The number of nitrogens with one attached hydrogen (secondary N) is 1. The predicted octanol–water partition coefficient (Wildman–Crippen LogP) is 4.86. The van der Waals surface area contributed by atoms with E-state index in [-0.39, 0.29) is 11.3 Å². The molecule has 151 valence electrons. The minimum absolute atomic E-state index is 0. The van der Waals surface area contributed by atoms with Crippen molar-refractivity contribution in [3.05, 3.63) is 64.8 Å². The van der Waals surface area contributed by atoms with Gasteiger partial charge in [-0.05, 0) is 37.1 Å². The van der Waals surface area contributed by atoms with Crippen LogP contribution in [0.2, 0.25) is 5.28 Å². The fourth-order valence-corrected chi connectivity index (χ4v) is 3.92. The second-order valence-corrected chi connectivity index (χ2v) is 7.85. The molecular weight excluding hydrogens is 613 g/mol. The van der Waals surface area contributed by atoms with Gasteiger partial charge in [-0.1, -0.05) is 18.2 Å². The molecule has 0 unspecified atom stereocenters. The van der Waals surface area contributed by atoms with Crippen LogP contribution in [-0.2, 0) is 6.42 Å². The van der Waals surface area contributed by atoms with Crippen LogP contribution in [0.1, 0.15) is 43.6 Å². The Morgan fingerprint density at radius 2 is 1.96 bits per heavy atom. The molecule has 1 atom stereocenters. The molecule has 7 heteroatoms. The Morgan fingerprint density at radius 3 is 2.63 bits per heavy atom. The van der Waals surface area contributed by atoms with Gasteiger partial charge >= 0.3 is 0 Å². The molecular formula is C20H21ClFLrN4-. The van der Waals surface area contributed by atoms with Crippen LogP contribution in [0, 0.1) is 6.04 Å². The summed E-state index contributed by atoms with van der Waals surface area (Å²) in [5.41, 5.74) is 2.99. The molecule has 0 saturated carbocycles. The molecule has 0 bridgehead atoms. The van der Waals surface area contributed by atoms with Gasteiger partial charge < -0.3 is 9.88 Å². The Morgan fingerprint density at radius 1 is 1.30 bits per heavy atom. The summed E-state index contributed by atoms with van der Waals surface area (Å²) < 4.78 is 14.6. The van der Waals surface area contributed by atoms with Crippen LogP contribution in [0.4, 0.5) is 4.39 Å². The fraction of sp³-hybridized carbons (Fsp3) is 0.350. The van der Waals surface area contributed by atoms with Crippen LogP contribution >= 0.6 is 11.6 Å². The molecule has 4 rings (SSSR count). The number of aromatic nitrogens is 3. The number of hydrogen-bond acceptors (Lipinski definition) is 3. The second kappa shape index (κ2) is 6.63. The molecule has 3 heterocycles. The number of nitrogens with zero attached hydrogens (tertiary/aromatic N) is 3. The van der Waals surface area contributed by atoms with Gasteiger partial charge in [0.05, 0.1) is 6.04 Å². The van der Waals surface area contributed by atoms with Gasteiger partial charge in [0, 0.05) is 41.1 Å². The van der Waals surface area contributed by atoms with Gasteiger partial charge in [-0.3, -0.25) is 0 Å². The summed E-state index contributed by atoms with van der Waals surface area (Å²) >= 11 is 5.88. The predicted molar refractivity (Wildman–Crippen MR) is 102 cm³/mol. The molecule has 1 radical (unpaired) electrons. The molecule has 27 heavy (non-hydrogen) atoms. The van der Waals surface area contributed by atoms with Crippen molar-refractivity contribution in [1.29, 1.82) is 0 Å². The maximum Gasteiger partial charge on any atom is 0.222 e. The molecule has 2 aromatic heterocycles. The Kier molecular flexibility index (Phi) is 4.62. The summed E-state index contributed by atoms with van der Waals surface area (Å²) in [6.45, 7) is 5.58. The van der Waals surface area contributed by atoms with Gasteiger partial charge in [0.2, 0.25) is 5.28 Å². The monoisotopic (exact) mass is 633 g/mol. The van der Waals surface area contributed by atoms with Crippen LogP contribution in [0.5, 0.6) is 0 Å². The minimum atomic E-state index is -1.32. The topological polar surface area (TPSA) is 44.8 Å². The van der Waals surface area contributed by atoms with Crippen LogP contribution in [-0.4, -0.2) is 32.1 Å². The zero-order chi connectivity index (χ0) is 18.5. The quantitative estimate of drug-likeness (QED) is 0.331. The van der Waals surface area contributed by atoms with Crippen LogP contribution in [0.15, 0.2) is 36.7 Å². The van der Waals surface area contributed by atoms with E-state index in [0.717, 1.165) is 29.2 Å². The molecule has 4 nitrogen and oxygen atoms in total. The Labute approximate surface area is 157 Å². The molecule has 0 fully saturated rings. The number of H-pyrrole nitrogens is 1. The smallest absolute Gasteiger partial charge is 0.222 e. The summed E-state index contributed by atoms with van der Waals surface area (Å²) in [5, 5.41) is 1.42. The zero-order valence-electron chi connectivity index (χ0n) is 15.3. The normalized spacial score (nSPS) is 18.3. The fourth-order valence-electron chi connectivity index (χ4n) is 3.82. The van der Waals surface area contributed by atoms with Gasteiger partial charge in [0.15, 0.2) is 0 Å². The summed E-state index contributed by atoms with van der Waals surface area (Å²) in [5.74, 6) is 0. The molecule has 1 aliphatic rings. The van der Waals surface area contributed by atoms with E-state index in [4.69, 9.17) is 11.6 Å². The molecule has 0 saturated heterocycles. The van der Waals surface area contributed by atoms with Crippen LogP contribution < -0.4 is 0 Å². The first kappa shape index (κ1) is 18.8. The average molecular weight is 634 g/mol. The first-order chi connectivity index (χ1) is 12.3. The van der Waals surface area contributed by atoms with Gasteiger partial charge in [-0.25, -0.2) is 20.4 Å². The number of halogens is 2. The summed E-state index contributed by atoms with van der Waals surface area (Å²) in [6.07, 6.45) is 4.25. The molecule has 0 aliphatic carbocycles. The van der Waals surface area contributed by atoms with E-state index in [9.17, 15) is 4.39 Å².